The highest BCUT2D eigenvalue weighted by Crippen LogP contribution is 2.07. The molecule has 0 saturated carbocycles. The van der Waals surface area contributed by atoms with E-state index in [2.05, 4.69) is 5.32 Å². The highest BCUT2D eigenvalue weighted by Gasteiger charge is 2.08. The molecule has 0 aliphatic rings. The van der Waals surface area contributed by atoms with E-state index < -0.39 is 0 Å². The van der Waals surface area contributed by atoms with Crippen LogP contribution in [0.5, 0.6) is 0 Å². The van der Waals surface area contributed by atoms with E-state index in [-0.39, 0.29) is 10.9 Å². The molecule has 1 aromatic carbocycles. The molecule has 3 nitrogen and oxygen atoms in total. The molecule has 94 valence electrons. The molecule has 0 saturated heterocycles. The number of nitrogens with zero attached hydrogens (tertiary/aromatic N) is 1. The van der Waals surface area contributed by atoms with Gasteiger partial charge in [0.15, 0.2) is 0 Å². The minimum atomic E-state index is -0.274. The summed E-state index contributed by atoms with van der Waals surface area (Å²) in [4.78, 5) is 0. The Labute approximate surface area is 111 Å². The van der Waals surface area contributed by atoms with E-state index in [1.807, 2.05) is 6.07 Å². The molecule has 0 aliphatic carbocycles. The Morgan fingerprint density at radius 3 is 2.56 bits per heavy atom. The molecule has 0 radical (unpaired) electrons. The van der Waals surface area contributed by atoms with Crippen LogP contribution in [-0.4, -0.2) is 12.2 Å². The maximum atomic E-state index is 12.7. The zero-order chi connectivity index (χ0) is 13.5. The molecule has 1 N–H and O–H groups in total. The normalized spacial score (nSPS) is 11.2. The van der Waals surface area contributed by atoms with Crippen LogP contribution in [0.25, 0.3) is 0 Å². The van der Waals surface area contributed by atoms with Gasteiger partial charge in [0.05, 0.1) is 7.11 Å². The second-order valence-corrected chi connectivity index (χ2v) is 3.95. The van der Waals surface area contributed by atoms with Gasteiger partial charge in [-0.25, -0.2) is 4.39 Å². The summed E-state index contributed by atoms with van der Waals surface area (Å²) in [7, 11) is 1.42. The number of nitrogens with one attached hydrogen (secondary N) is 1. The number of nitriles is 1. The lowest BCUT2D eigenvalue weighted by Crippen LogP contribution is -2.15. The van der Waals surface area contributed by atoms with Crippen molar-refractivity contribution in [1.29, 1.82) is 5.26 Å². The minimum absolute atomic E-state index is 0.154. The summed E-state index contributed by atoms with van der Waals surface area (Å²) in [5.74, 6) is -0.274. The quantitative estimate of drug-likeness (QED) is 0.516. The maximum absolute atomic E-state index is 12.7. The fraction of sp³-hybridized carbons (Fsp3) is 0.231. The summed E-state index contributed by atoms with van der Waals surface area (Å²) >= 11 is 4.91. The van der Waals surface area contributed by atoms with Gasteiger partial charge in [-0.1, -0.05) is 12.1 Å². The van der Waals surface area contributed by atoms with Crippen molar-refractivity contribution in [3.05, 3.63) is 46.9 Å². The lowest BCUT2D eigenvalue weighted by atomic mass is 10.2. The highest BCUT2D eigenvalue weighted by atomic mass is 32.1. The molecular formula is C13H13FN2OS. The van der Waals surface area contributed by atoms with Crippen LogP contribution >= 0.6 is 12.2 Å². The Bertz CT molecular complexity index is 503. The Morgan fingerprint density at radius 1 is 1.44 bits per heavy atom. The van der Waals surface area contributed by atoms with Gasteiger partial charge >= 0.3 is 0 Å². The third-order valence-electron chi connectivity index (χ3n) is 2.35. The molecule has 1 rings (SSSR count). The molecule has 0 aromatic heterocycles. The summed E-state index contributed by atoms with van der Waals surface area (Å²) < 4.78 is 17.6. The van der Waals surface area contributed by atoms with Crippen LogP contribution < -0.4 is 5.32 Å². The predicted molar refractivity (Wildman–Crippen MR) is 71.2 cm³/mol. The summed E-state index contributed by atoms with van der Waals surface area (Å²) in [6.07, 6.45) is 0. The first kappa shape index (κ1) is 14.1. The monoisotopic (exact) mass is 264 g/mol. The number of hydrogen-bond acceptors (Lipinski definition) is 4. The summed E-state index contributed by atoms with van der Waals surface area (Å²) in [6.45, 7) is 2.23. The van der Waals surface area contributed by atoms with Gasteiger partial charge in [-0.15, -0.1) is 0 Å². The molecule has 0 unspecified atom stereocenters. The zero-order valence-corrected chi connectivity index (χ0v) is 11.0. The molecule has 1 aromatic rings. The van der Waals surface area contributed by atoms with E-state index in [9.17, 15) is 4.39 Å². The number of thiocarbonyl (C=S) groups is 1. The minimum Gasteiger partial charge on any atom is -0.486 e. The van der Waals surface area contributed by atoms with Gasteiger partial charge in [0.25, 0.3) is 0 Å². The molecule has 0 spiro atoms. The number of benzene rings is 1. The number of methoxy groups -OCH3 is 1. The Morgan fingerprint density at radius 2 is 2.06 bits per heavy atom. The molecule has 0 amide bonds. The van der Waals surface area contributed by atoms with Gasteiger partial charge in [-0.3, -0.25) is 0 Å². The van der Waals surface area contributed by atoms with Crippen molar-refractivity contribution >= 4 is 17.3 Å². The molecule has 18 heavy (non-hydrogen) atoms. The molecule has 0 atom stereocenters. The van der Waals surface area contributed by atoms with Crippen LogP contribution in [0, 0.1) is 17.1 Å². The lowest BCUT2D eigenvalue weighted by Gasteiger charge is -2.09. The SMILES string of the molecule is COC(=S)C(C#N)=C(C)NCc1ccc(F)cc1. The van der Waals surface area contributed by atoms with Crippen molar-refractivity contribution in [2.24, 2.45) is 0 Å². The lowest BCUT2D eigenvalue weighted by molar-refractivity contribution is 0.415. The first-order valence-electron chi connectivity index (χ1n) is 5.26. The molecular weight excluding hydrogens is 251 g/mol. The second kappa shape index (κ2) is 6.72. The number of allylic oxidation sites excluding steroid dienone is 1. The van der Waals surface area contributed by atoms with Gasteiger partial charge in [-0.05, 0) is 36.8 Å². The third kappa shape index (κ3) is 3.82. The van der Waals surface area contributed by atoms with Crippen molar-refractivity contribution in [2.75, 3.05) is 7.11 Å². The first-order chi connectivity index (χ1) is 8.58. The number of ether oxygens (including phenoxy) is 1. The van der Waals surface area contributed by atoms with Crippen LogP contribution in [0.1, 0.15) is 12.5 Å². The number of rotatable bonds is 4. The van der Waals surface area contributed by atoms with E-state index in [1.54, 1.807) is 19.1 Å². The first-order valence-corrected chi connectivity index (χ1v) is 5.67. The van der Waals surface area contributed by atoms with Gasteiger partial charge in [0.1, 0.15) is 17.5 Å². The molecule has 0 heterocycles. The van der Waals surface area contributed by atoms with Gasteiger partial charge in [0.2, 0.25) is 5.05 Å². The van der Waals surface area contributed by atoms with E-state index in [0.29, 0.717) is 17.8 Å². The predicted octanol–water partition coefficient (Wildman–Crippen LogP) is 2.69. The Balaban J connectivity index is 2.73. The van der Waals surface area contributed by atoms with Gasteiger partial charge < -0.3 is 10.1 Å². The maximum Gasteiger partial charge on any atom is 0.203 e. The fourth-order valence-corrected chi connectivity index (χ4v) is 1.51. The molecule has 0 aliphatic heterocycles. The second-order valence-electron chi connectivity index (χ2n) is 3.58. The third-order valence-corrected chi connectivity index (χ3v) is 2.72. The van der Waals surface area contributed by atoms with Crippen LogP contribution in [-0.2, 0) is 11.3 Å². The Kier molecular flexibility index (Phi) is 5.28. The van der Waals surface area contributed by atoms with Gasteiger partial charge in [0, 0.05) is 12.2 Å². The number of halogens is 1. The van der Waals surface area contributed by atoms with Crippen molar-refractivity contribution < 1.29 is 9.13 Å². The standard InChI is InChI=1S/C13H13FN2OS/c1-9(12(7-15)13(18)17-2)16-8-10-3-5-11(14)6-4-10/h3-6,16H,8H2,1-2H3. The van der Waals surface area contributed by atoms with E-state index in [4.69, 9.17) is 22.2 Å². The van der Waals surface area contributed by atoms with Gasteiger partial charge in [-0.2, -0.15) is 5.26 Å². The van der Waals surface area contributed by atoms with Crippen molar-refractivity contribution in [3.63, 3.8) is 0 Å². The topological polar surface area (TPSA) is 45.0 Å². The smallest absolute Gasteiger partial charge is 0.203 e. The van der Waals surface area contributed by atoms with Crippen LogP contribution in [0.15, 0.2) is 35.5 Å². The highest BCUT2D eigenvalue weighted by molar-refractivity contribution is 7.80. The Hall–Kier alpha value is -1.93. The van der Waals surface area contributed by atoms with Crippen LogP contribution in [0.3, 0.4) is 0 Å². The zero-order valence-electron chi connectivity index (χ0n) is 10.2. The van der Waals surface area contributed by atoms with E-state index in [1.165, 1.54) is 19.2 Å². The largest absolute Gasteiger partial charge is 0.486 e. The van der Waals surface area contributed by atoms with Crippen LogP contribution in [0.2, 0.25) is 0 Å². The molecule has 0 fully saturated rings. The number of hydrogen-bond donors (Lipinski definition) is 1. The summed E-state index contributed by atoms with van der Waals surface area (Å²) in [5, 5.41) is 12.2. The molecule has 5 heteroatoms. The van der Waals surface area contributed by atoms with E-state index >= 15 is 0 Å². The van der Waals surface area contributed by atoms with E-state index in [0.717, 1.165) is 5.56 Å². The average molecular weight is 264 g/mol. The van der Waals surface area contributed by atoms with Crippen LogP contribution in [0.4, 0.5) is 4.39 Å². The fourth-order valence-electron chi connectivity index (χ4n) is 1.31. The summed E-state index contributed by atoms with van der Waals surface area (Å²) in [5.41, 5.74) is 1.85. The van der Waals surface area contributed by atoms with Crippen molar-refractivity contribution in [1.82, 2.24) is 5.32 Å². The average Bonchev–Trinajstić information content (AvgIpc) is 2.38. The summed E-state index contributed by atoms with van der Waals surface area (Å²) in [6, 6.07) is 8.12. The molecule has 0 bridgehead atoms. The van der Waals surface area contributed by atoms with Crippen molar-refractivity contribution in [2.45, 2.75) is 13.5 Å². The van der Waals surface area contributed by atoms with Crippen molar-refractivity contribution in [3.8, 4) is 6.07 Å².